The number of aldehydes is 1. The van der Waals surface area contributed by atoms with Crippen LogP contribution in [0.4, 0.5) is 0 Å². The number of unbranched alkanes of at least 4 members (excludes halogenated alkanes) is 1. The first-order chi connectivity index (χ1) is 18.4. The van der Waals surface area contributed by atoms with Gasteiger partial charge in [-0.3, -0.25) is 14.4 Å². The van der Waals surface area contributed by atoms with Crippen molar-refractivity contribution in [1.29, 1.82) is 0 Å². The maximum Gasteiger partial charge on any atom is 0.247 e. The van der Waals surface area contributed by atoms with Gasteiger partial charge in [0.15, 0.2) is 11.5 Å². The predicted molar refractivity (Wildman–Crippen MR) is 141 cm³/mol. The molecule has 0 aromatic heterocycles. The summed E-state index contributed by atoms with van der Waals surface area (Å²) in [5.41, 5.74) is 1.29. The zero-order valence-electron chi connectivity index (χ0n) is 22.4. The van der Waals surface area contributed by atoms with Crippen LogP contribution in [0.2, 0.25) is 0 Å². The number of methoxy groups -OCH3 is 1. The third kappa shape index (κ3) is 5.73. The Kier molecular flexibility index (Phi) is 9.44. The van der Waals surface area contributed by atoms with Crippen LogP contribution in [0.5, 0.6) is 11.5 Å². The standard InChI is InChI=1S/C29H40N2O7/c1-3-4-10-24(34)31(16-18-8-6-5-7-9-18)22-15-21(29(36)30-11-12-32)25-20-13-19(17-33)14-23(37-2)27(20)38-28(25)26(22)35/h13-15,17-18,22,25-26,28,32,35H,3-12,16H2,1-2H3,(H,30,36)/t22-,25+,26+,28+/m1/s1. The molecule has 1 saturated carbocycles. The average Bonchev–Trinajstić information content (AvgIpc) is 3.34. The van der Waals surface area contributed by atoms with Crippen LogP contribution >= 0.6 is 0 Å². The quantitative estimate of drug-likeness (QED) is 0.377. The van der Waals surface area contributed by atoms with Gasteiger partial charge < -0.3 is 29.9 Å². The molecule has 1 aromatic carbocycles. The molecule has 3 aliphatic rings. The second kappa shape index (κ2) is 12.8. The van der Waals surface area contributed by atoms with E-state index in [2.05, 4.69) is 5.32 Å². The van der Waals surface area contributed by atoms with Crippen molar-refractivity contribution >= 4 is 18.1 Å². The summed E-state index contributed by atoms with van der Waals surface area (Å²) in [4.78, 5) is 40.3. The highest BCUT2D eigenvalue weighted by molar-refractivity contribution is 5.96. The summed E-state index contributed by atoms with van der Waals surface area (Å²) in [5, 5.41) is 23.7. The minimum atomic E-state index is -1.10. The third-order valence-electron chi connectivity index (χ3n) is 8.01. The molecule has 0 bridgehead atoms. The molecule has 9 heteroatoms. The van der Waals surface area contributed by atoms with Gasteiger partial charge >= 0.3 is 0 Å². The number of carbonyl (C=O) groups is 3. The summed E-state index contributed by atoms with van der Waals surface area (Å²) in [5.74, 6) is -0.0397. The molecule has 2 amide bonds. The van der Waals surface area contributed by atoms with Crippen LogP contribution in [0.25, 0.3) is 0 Å². The van der Waals surface area contributed by atoms with Crippen molar-refractivity contribution in [3.05, 3.63) is 34.9 Å². The second-order valence-corrected chi connectivity index (χ2v) is 10.6. The first-order valence-electron chi connectivity index (χ1n) is 13.9. The number of amides is 2. The molecule has 9 nitrogen and oxygen atoms in total. The van der Waals surface area contributed by atoms with E-state index in [1.165, 1.54) is 13.5 Å². The molecule has 38 heavy (non-hydrogen) atoms. The number of nitrogens with one attached hydrogen (secondary N) is 1. The molecule has 1 heterocycles. The van der Waals surface area contributed by atoms with Crippen molar-refractivity contribution in [3.63, 3.8) is 0 Å². The molecule has 208 valence electrons. The van der Waals surface area contributed by atoms with Crippen molar-refractivity contribution in [2.75, 3.05) is 26.8 Å². The van der Waals surface area contributed by atoms with Crippen LogP contribution in [0.1, 0.15) is 80.1 Å². The molecule has 1 fully saturated rings. The number of rotatable bonds is 11. The number of fused-ring (bicyclic) bond motifs is 3. The summed E-state index contributed by atoms with van der Waals surface area (Å²) < 4.78 is 11.7. The van der Waals surface area contributed by atoms with Crippen LogP contribution < -0.4 is 14.8 Å². The first kappa shape index (κ1) is 28.1. The van der Waals surface area contributed by atoms with Gasteiger partial charge in [0.05, 0.1) is 25.7 Å². The highest BCUT2D eigenvalue weighted by Crippen LogP contribution is 2.51. The van der Waals surface area contributed by atoms with E-state index < -0.39 is 30.1 Å². The summed E-state index contributed by atoms with van der Waals surface area (Å²) >= 11 is 0. The second-order valence-electron chi connectivity index (χ2n) is 10.6. The maximum atomic E-state index is 13.5. The minimum absolute atomic E-state index is 0.0392. The van der Waals surface area contributed by atoms with Crippen molar-refractivity contribution in [2.45, 2.75) is 82.5 Å². The van der Waals surface area contributed by atoms with Crippen LogP contribution in [-0.4, -0.2) is 78.3 Å². The molecule has 3 N–H and O–H groups in total. The Balaban J connectivity index is 1.76. The molecule has 2 aliphatic carbocycles. The van der Waals surface area contributed by atoms with Gasteiger partial charge in [0, 0.05) is 36.2 Å². The van der Waals surface area contributed by atoms with Crippen LogP contribution in [-0.2, 0) is 9.59 Å². The molecule has 0 radical (unpaired) electrons. The molecule has 0 unspecified atom stereocenters. The lowest BCUT2D eigenvalue weighted by Gasteiger charge is -2.42. The van der Waals surface area contributed by atoms with E-state index in [9.17, 15) is 24.6 Å². The van der Waals surface area contributed by atoms with Crippen molar-refractivity contribution in [1.82, 2.24) is 10.2 Å². The van der Waals surface area contributed by atoms with Gasteiger partial charge in [0.1, 0.15) is 18.5 Å². The van der Waals surface area contributed by atoms with E-state index in [-0.39, 0.29) is 19.1 Å². The zero-order chi connectivity index (χ0) is 27.2. The van der Waals surface area contributed by atoms with Crippen molar-refractivity contribution in [3.8, 4) is 11.5 Å². The monoisotopic (exact) mass is 528 g/mol. The topological polar surface area (TPSA) is 125 Å². The number of aliphatic hydroxyl groups is 2. The molecular formula is C29H40N2O7. The first-order valence-corrected chi connectivity index (χ1v) is 13.9. The number of carbonyl (C=O) groups excluding carboxylic acids is 3. The fraction of sp³-hybridized carbons (Fsp3) is 0.621. The number of aliphatic hydroxyl groups excluding tert-OH is 2. The number of nitrogens with zero attached hydrogens (tertiary/aromatic N) is 1. The lowest BCUT2D eigenvalue weighted by molar-refractivity contribution is -0.138. The SMILES string of the molecule is CCCCC(=O)N(CC1CCCCC1)[C@@H]1C=C(C(=O)NCCO)[C@@H]2c3cc(C=O)cc(OC)c3O[C@@H]2[C@H]1O. The van der Waals surface area contributed by atoms with Crippen molar-refractivity contribution < 1.29 is 34.1 Å². The number of benzene rings is 1. The van der Waals surface area contributed by atoms with Gasteiger partial charge in [-0.05, 0) is 43.4 Å². The van der Waals surface area contributed by atoms with E-state index in [1.54, 1.807) is 23.1 Å². The van der Waals surface area contributed by atoms with Crippen molar-refractivity contribution in [2.24, 2.45) is 5.92 Å². The van der Waals surface area contributed by atoms with Crippen LogP contribution in [0.15, 0.2) is 23.8 Å². The average molecular weight is 529 g/mol. The summed E-state index contributed by atoms with van der Waals surface area (Å²) in [7, 11) is 1.47. The van der Waals surface area contributed by atoms with E-state index in [0.29, 0.717) is 53.4 Å². The van der Waals surface area contributed by atoms with Gasteiger partial charge in [-0.1, -0.05) is 32.6 Å². The Hall–Kier alpha value is -2.91. The van der Waals surface area contributed by atoms with Gasteiger partial charge in [-0.15, -0.1) is 0 Å². The van der Waals surface area contributed by atoms with Gasteiger partial charge in [0.2, 0.25) is 11.8 Å². The Morgan fingerprint density at radius 2 is 2.00 bits per heavy atom. The Morgan fingerprint density at radius 1 is 1.24 bits per heavy atom. The molecule has 4 atom stereocenters. The Morgan fingerprint density at radius 3 is 2.66 bits per heavy atom. The highest BCUT2D eigenvalue weighted by atomic mass is 16.5. The molecule has 1 aromatic rings. The van der Waals surface area contributed by atoms with E-state index in [4.69, 9.17) is 9.47 Å². The van der Waals surface area contributed by atoms with Gasteiger partial charge in [-0.25, -0.2) is 0 Å². The molecule has 0 spiro atoms. The number of hydrogen-bond acceptors (Lipinski definition) is 7. The summed E-state index contributed by atoms with van der Waals surface area (Å²) in [6.45, 7) is 2.40. The lowest BCUT2D eigenvalue weighted by atomic mass is 9.76. The number of hydrogen-bond donors (Lipinski definition) is 3. The summed E-state index contributed by atoms with van der Waals surface area (Å²) in [6, 6.07) is 2.47. The Bertz CT molecular complexity index is 1050. The van der Waals surface area contributed by atoms with Crippen LogP contribution in [0, 0.1) is 5.92 Å². The molecular weight excluding hydrogens is 488 g/mol. The predicted octanol–water partition coefficient (Wildman–Crippen LogP) is 2.73. The minimum Gasteiger partial charge on any atom is -0.493 e. The van der Waals surface area contributed by atoms with Gasteiger partial charge in [0.25, 0.3) is 0 Å². The third-order valence-corrected chi connectivity index (χ3v) is 8.01. The zero-order valence-corrected chi connectivity index (χ0v) is 22.4. The van der Waals surface area contributed by atoms with E-state index in [0.717, 1.165) is 38.5 Å². The number of ether oxygens (including phenoxy) is 2. The highest BCUT2D eigenvalue weighted by Gasteiger charge is 2.51. The Labute approximate surface area is 224 Å². The summed E-state index contributed by atoms with van der Waals surface area (Å²) in [6.07, 6.45) is 7.97. The largest absolute Gasteiger partial charge is 0.493 e. The fourth-order valence-corrected chi connectivity index (χ4v) is 6.07. The smallest absolute Gasteiger partial charge is 0.247 e. The lowest BCUT2D eigenvalue weighted by Crippen LogP contribution is -2.56. The molecule has 4 rings (SSSR count). The maximum absolute atomic E-state index is 13.5. The van der Waals surface area contributed by atoms with E-state index >= 15 is 0 Å². The normalized spacial score (nSPS) is 24.5. The molecule has 1 aliphatic heterocycles. The van der Waals surface area contributed by atoms with Gasteiger partial charge in [-0.2, -0.15) is 0 Å². The molecule has 0 saturated heterocycles. The van der Waals surface area contributed by atoms with Crippen LogP contribution in [0.3, 0.4) is 0 Å². The van der Waals surface area contributed by atoms with E-state index in [1.807, 2.05) is 6.92 Å². The fourth-order valence-electron chi connectivity index (χ4n) is 6.07.